The molecule has 0 aliphatic heterocycles. The first-order valence-electron chi connectivity index (χ1n) is 3.88. The van der Waals surface area contributed by atoms with Crippen LogP contribution in [0, 0.1) is 12.0 Å². The van der Waals surface area contributed by atoms with E-state index in [1.165, 1.54) is 5.56 Å². The van der Waals surface area contributed by atoms with Gasteiger partial charge in [0.15, 0.2) is 0 Å². The lowest BCUT2D eigenvalue weighted by Gasteiger charge is -1.97. The fourth-order valence-electron chi connectivity index (χ4n) is 0.856. The number of hydrogen-bond acceptors (Lipinski definition) is 2. The molecule has 0 bridgehead atoms. The average molecular weight is 160 g/mol. The van der Waals surface area contributed by atoms with Gasteiger partial charge >= 0.3 is 0 Å². The van der Waals surface area contributed by atoms with Crippen LogP contribution in [0.4, 0.5) is 0 Å². The summed E-state index contributed by atoms with van der Waals surface area (Å²) < 4.78 is 0. The first kappa shape index (κ1) is 8.63. The maximum absolute atomic E-state index is 5.19. The fraction of sp³-hybridized carbons (Fsp3) is 0.200. The van der Waals surface area contributed by atoms with E-state index >= 15 is 0 Å². The van der Waals surface area contributed by atoms with E-state index in [9.17, 15) is 0 Å². The Kier molecular flexibility index (Phi) is 3.76. The van der Waals surface area contributed by atoms with Gasteiger partial charge < -0.3 is 11.1 Å². The third-order valence-electron chi connectivity index (χ3n) is 1.41. The van der Waals surface area contributed by atoms with Gasteiger partial charge in [-0.15, -0.1) is 0 Å². The van der Waals surface area contributed by atoms with Crippen molar-refractivity contribution in [3.8, 4) is 12.0 Å². The highest BCUT2D eigenvalue weighted by atomic mass is 14.8. The lowest BCUT2D eigenvalue weighted by atomic mass is 10.2. The molecule has 1 aromatic carbocycles. The Bertz CT molecular complexity index is 269. The number of nitrogens with two attached hydrogens (primary N) is 1. The Morgan fingerprint density at radius 2 is 2.00 bits per heavy atom. The van der Waals surface area contributed by atoms with E-state index in [-0.39, 0.29) is 0 Å². The van der Waals surface area contributed by atoms with Gasteiger partial charge in [0.2, 0.25) is 0 Å². The summed E-state index contributed by atoms with van der Waals surface area (Å²) in [5.41, 5.74) is 6.42. The van der Waals surface area contributed by atoms with Crippen molar-refractivity contribution in [2.75, 3.05) is 6.54 Å². The van der Waals surface area contributed by atoms with Crippen LogP contribution in [0.2, 0.25) is 0 Å². The number of hydrogen-bond donors (Lipinski definition) is 2. The van der Waals surface area contributed by atoms with E-state index < -0.39 is 0 Å². The van der Waals surface area contributed by atoms with Gasteiger partial charge in [0.05, 0.1) is 6.54 Å². The highest BCUT2D eigenvalue weighted by molar-refractivity contribution is 5.15. The van der Waals surface area contributed by atoms with Gasteiger partial charge in [-0.1, -0.05) is 36.3 Å². The lowest BCUT2D eigenvalue weighted by Crippen LogP contribution is -2.06. The number of nitrogens with one attached hydrogen (secondary N) is 1. The molecule has 3 N–H and O–H groups in total. The molecule has 0 saturated carbocycles. The maximum Gasteiger partial charge on any atom is 0.0569 e. The molecular formula is C10H12N2. The molecule has 0 atom stereocenters. The first-order chi connectivity index (χ1) is 5.93. The number of rotatable bonds is 2. The molecule has 2 nitrogen and oxygen atoms in total. The van der Waals surface area contributed by atoms with Crippen molar-refractivity contribution in [3.05, 3.63) is 35.9 Å². The van der Waals surface area contributed by atoms with Gasteiger partial charge in [0.25, 0.3) is 0 Å². The first-order valence-corrected chi connectivity index (χ1v) is 3.88. The normalized spacial score (nSPS) is 8.42. The van der Waals surface area contributed by atoms with E-state index in [2.05, 4.69) is 29.4 Å². The van der Waals surface area contributed by atoms with E-state index in [4.69, 9.17) is 5.73 Å². The molecule has 0 radical (unpaired) electrons. The van der Waals surface area contributed by atoms with Crippen molar-refractivity contribution in [1.29, 1.82) is 0 Å². The van der Waals surface area contributed by atoms with Gasteiger partial charge in [-0.2, -0.15) is 0 Å². The zero-order valence-corrected chi connectivity index (χ0v) is 6.88. The van der Waals surface area contributed by atoms with Gasteiger partial charge in [-0.05, 0) is 5.56 Å². The quantitative estimate of drug-likeness (QED) is 0.493. The van der Waals surface area contributed by atoms with E-state index in [1.807, 2.05) is 18.2 Å². The summed E-state index contributed by atoms with van der Waals surface area (Å²) in [6.07, 6.45) is 0. The zero-order chi connectivity index (χ0) is 8.65. The van der Waals surface area contributed by atoms with Gasteiger partial charge in [-0.3, -0.25) is 0 Å². The third kappa shape index (κ3) is 3.09. The SMILES string of the molecule is NCC#CNCc1ccccc1. The van der Waals surface area contributed by atoms with Crippen LogP contribution in [0.1, 0.15) is 5.56 Å². The second kappa shape index (κ2) is 5.22. The molecule has 0 fully saturated rings. The van der Waals surface area contributed by atoms with E-state index in [0.29, 0.717) is 6.54 Å². The van der Waals surface area contributed by atoms with E-state index in [1.54, 1.807) is 0 Å². The van der Waals surface area contributed by atoms with Crippen molar-refractivity contribution in [2.45, 2.75) is 6.54 Å². The van der Waals surface area contributed by atoms with E-state index in [0.717, 1.165) is 6.54 Å². The van der Waals surface area contributed by atoms with Crippen molar-refractivity contribution in [3.63, 3.8) is 0 Å². The summed E-state index contributed by atoms with van der Waals surface area (Å²) in [4.78, 5) is 0. The van der Waals surface area contributed by atoms with Crippen molar-refractivity contribution in [1.82, 2.24) is 5.32 Å². The van der Waals surface area contributed by atoms with Crippen LogP contribution in [-0.2, 0) is 6.54 Å². The van der Waals surface area contributed by atoms with Crippen LogP contribution in [0.25, 0.3) is 0 Å². The fourth-order valence-corrected chi connectivity index (χ4v) is 0.856. The molecule has 0 amide bonds. The topological polar surface area (TPSA) is 38.0 Å². The van der Waals surface area contributed by atoms with Crippen molar-refractivity contribution in [2.24, 2.45) is 5.73 Å². The minimum Gasteiger partial charge on any atom is -0.341 e. The molecule has 0 aromatic heterocycles. The molecule has 0 heterocycles. The molecular weight excluding hydrogens is 148 g/mol. The van der Waals surface area contributed by atoms with Gasteiger partial charge in [0, 0.05) is 12.6 Å². The molecule has 12 heavy (non-hydrogen) atoms. The average Bonchev–Trinajstić information content (AvgIpc) is 2.14. The molecule has 2 heteroatoms. The summed E-state index contributed by atoms with van der Waals surface area (Å²) in [5.74, 6) is 2.74. The monoisotopic (exact) mass is 160 g/mol. The van der Waals surface area contributed by atoms with Crippen molar-refractivity contribution < 1.29 is 0 Å². The Balaban J connectivity index is 2.34. The minimum atomic E-state index is 0.405. The summed E-state index contributed by atoms with van der Waals surface area (Å²) in [5, 5.41) is 2.96. The Morgan fingerprint density at radius 3 is 2.67 bits per heavy atom. The molecule has 0 aliphatic carbocycles. The highest BCUT2D eigenvalue weighted by Crippen LogP contribution is 1.95. The molecule has 0 saturated heterocycles. The minimum absolute atomic E-state index is 0.405. The third-order valence-corrected chi connectivity index (χ3v) is 1.41. The second-order valence-electron chi connectivity index (χ2n) is 2.35. The van der Waals surface area contributed by atoms with Gasteiger partial charge in [-0.25, -0.2) is 0 Å². The summed E-state index contributed by atoms with van der Waals surface area (Å²) in [6.45, 7) is 1.18. The zero-order valence-electron chi connectivity index (χ0n) is 6.88. The predicted molar refractivity (Wildman–Crippen MR) is 50.1 cm³/mol. The standard InChI is InChI=1S/C10H12N2/c11-7-4-8-12-9-10-5-2-1-3-6-10/h1-3,5-6,12H,7,9,11H2. The predicted octanol–water partition coefficient (Wildman–Crippen LogP) is 0.696. The lowest BCUT2D eigenvalue weighted by molar-refractivity contribution is 0.898. The van der Waals surface area contributed by atoms with Crippen LogP contribution in [0.3, 0.4) is 0 Å². The molecule has 0 aliphatic rings. The summed E-state index contributed by atoms with van der Waals surface area (Å²) in [6, 6.07) is 12.9. The molecule has 1 rings (SSSR count). The van der Waals surface area contributed by atoms with Crippen LogP contribution in [0.5, 0.6) is 0 Å². The van der Waals surface area contributed by atoms with Crippen LogP contribution in [0.15, 0.2) is 30.3 Å². The largest absolute Gasteiger partial charge is 0.341 e. The second-order valence-corrected chi connectivity index (χ2v) is 2.35. The van der Waals surface area contributed by atoms with Gasteiger partial charge in [0.1, 0.15) is 0 Å². The van der Waals surface area contributed by atoms with Crippen molar-refractivity contribution >= 4 is 0 Å². The number of benzene rings is 1. The Morgan fingerprint density at radius 1 is 1.25 bits per heavy atom. The Hall–Kier alpha value is -1.46. The van der Waals surface area contributed by atoms with Crippen LogP contribution >= 0.6 is 0 Å². The Labute approximate surface area is 72.8 Å². The highest BCUT2D eigenvalue weighted by Gasteiger charge is 1.85. The summed E-state index contributed by atoms with van der Waals surface area (Å²) in [7, 11) is 0. The molecule has 0 unspecified atom stereocenters. The smallest absolute Gasteiger partial charge is 0.0569 e. The summed E-state index contributed by atoms with van der Waals surface area (Å²) >= 11 is 0. The molecule has 62 valence electrons. The maximum atomic E-state index is 5.19. The molecule has 1 aromatic rings. The molecule has 0 spiro atoms. The van der Waals surface area contributed by atoms with Crippen LogP contribution in [-0.4, -0.2) is 6.54 Å². The van der Waals surface area contributed by atoms with Crippen LogP contribution < -0.4 is 11.1 Å².